The van der Waals surface area contributed by atoms with Gasteiger partial charge in [-0.25, -0.2) is 4.98 Å². The van der Waals surface area contributed by atoms with Gasteiger partial charge in [0.05, 0.1) is 21.7 Å². The Labute approximate surface area is 111 Å². The lowest BCUT2D eigenvalue weighted by atomic mass is 10.0. The molecule has 2 aromatic rings. The van der Waals surface area contributed by atoms with E-state index in [0.29, 0.717) is 11.4 Å². The molecule has 4 nitrogen and oxygen atoms in total. The summed E-state index contributed by atoms with van der Waals surface area (Å²) in [5, 5.41) is 10.8. The first-order chi connectivity index (χ1) is 8.48. The molecule has 2 rings (SSSR count). The fraction of sp³-hybridized carbons (Fsp3) is 0.462. The molecule has 0 aliphatic carbocycles. The van der Waals surface area contributed by atoms with E-state index in [0.717, 1.165) is 23.4 Å². The topological polar surface area (TPSA) is 64.1 Å². The number of nitrogens with two attached hydrogens (primary N) is 1. The van der Waals surface area contributed by atoms with Crippen LogP contribution in [0.4, 0.5) is 0 Å². The zero-order valence-electron chi connectivity index (χ0n) is 10.7. The summed E-state index contributed by atoms with van der Waals surface area (Å²) in [5.74, 6) is 0.816. The van der Waals surface area contributed by atoms with Crippen molar-refractivity contribution in [2.24, 2.45) is 5.73 Å². The van der Waals surface area contributed by atoms with Gasteiger partial charge < -0.3 is 15.4 Å². The van der Waals surface area contributed by atoms with E-state index in [1.54, 1.807) is 6.92 Å². The van der Waals surface area contributed by atoms with Crippen molar-refractivity contribution >= 4 is 22.6 Å². The van der Waals surface area contributed by atoms with Gasteiger partial charge in [0.2, 0.25) is 0 Å². The quantitative estimate of drug-likeness (QED) is 0.890. The average Bonchev–Trinajstić information content (AvgIpc) is 2.67. The van der Waals surface area contributed by atoms with Crippen molar-refractivity contribution in [2.45, 2.75) is 32.4 Å². The third-order valence-corrected chi connectivity index (χ3v) is 3.40. The van der Waals surface area contributed by atoms with E-state index < -0.39 is 5.60 Å². The average molecular weight is 268 g/mol. The van der Waals surface area contributed by atoms with Crippen LogP contribution in [0, 0.1) is 0 Å². The van der Waals surface area contributed by atoms with Gasteiger partial charge in [-0.15, -0.1) is 0 Å². The predicted octanol–water partition coefficient (Wildman–Crippen LogP) is 1.96. The van der Waals surface area contributed by atoms with Crippen molar-refractivity contribution in [3.05, 3.63) is 29.0 Å². The van der Waals surface area contributed by atoms with Gasteiger partial charge in [0.15, 0.2) is 0 Å². The van der Waals surface area contributed by atoms with E-state index in [1.807, 2.05) is 29.7 Å². The summed E-state index contributed by atoms with van der Waals surface area (Å²) in [7, 11) is 0. The highest BCUT2D eigenvalue weighted by molar-refractivity contribution is 6.35. The first-order valence-electron chi connectivity index (χ1n) is 6.04. The van der Waals surface area contributed by atoms with Gasteiger partial charge in [0.25, 0.3) is 0 Å². The fourth-order valence-corrected chi connectivity index (χ4v) is 2.35. The predicted molar refractivity (Wildman–Crippen MR) is 73.8 cm³/mol. The van der Waals surface area contributed by atoms with E-state index in [9.17, 15) is 5.11 Å². The highest BCUT2D eigenvalue weighted by atomic mass is 35.5. The fourth-order valence-electron chi connectivity index (χ4n) is 2.08. The molecule has 1 atom stereocenters. The Morgan fingerprint density at radius 3 is 2.83 bits per heavy atom. The number of imidazole rings is 1. The summed E-state index contributed by atoms with van der Waals surface area (Å²) in [5.41, 5.74) is 6.39. The first kappa shape index (κ1) is 13.3. The molecule has 98 valence electrons. The zero-order valence-corrected chi connectivity index (χ0v) is 11.4. The second-order valence-electron chi connectivity index (χ2n) is 4.76. The molecule has 0 amide bonds. The van der Waals surface area contributed by atoms with E-state index in [4.69, 9.17) is 17.3 Å². The SMILES string of the molecule is CCn1c(CC(C)(O)CN)nc2cccc(Cl)c21. The van der Waals surface area contributed by atoms with Crippen molar-refractivity contribution in [1.29, 1.82) is 0 Å². The lowest BCUT2D eigenvalue weighted by molar-refractivity contribution is 0.0668. The van der Waals surface area contributed by atoms with Gasteiger partial charge in [-0.1, -0.05) is 17.7 Å². The number of aryl methyl sites for hydroxylation is 1. The molecule has 0 aliphatic rings. The Bertz CT molecular complexity index is 563. The maximum atomic E-state index is 10.1. The number of aromatic nitrogens is 2. The Hall–Kier alpha value is -1.10. The van der Waals surface area contributed by atoms with Crippen molar-refractivity contribution in [1.82, 2.24) is 9.55 Å². The summed E-state index contributed by atoms with van der Waals surface area (Å²) in [4.78, 5) is 4.54. The maximum absolute atomic E-state index is 10.1. The molecule has 1 aromatic carbocycles. The number of hydrogen-bond donors (Lipinski definition) is 2. The van der Waals surface area contributed by atoms with Gasteiger partial charge in [-0.3, -0.25) is 0 Å². The third kappa shape index (κ3) is 2.36. The number of halogens is 1. The highest BCUT2D eigenvalue weighted by Gasteiger charge is 2.23. The molecule has 3 N–H and O–H groups in total. The van der Waals surface area contributed by atoms with E-state index >= 15 is 0 Å². The molecule has 0 saturated heterocycles. The summed E-state index contributed by atoms with van der Waals surface area (Å²) in [6.07, 6.45) is 0.419. The molecule has 1 aromatic heterocycles. The Morgan fingerprint density at radius 2 is 2.22 bits per heavy atom. The van der Waals surface area contributed by atoms with E-state index in [1.165, 1.54) is 0 Å². The third-order valence-electron chi connectivity index (χ3n) is 3.09. The Morgan fingerprint density at radius 1 is 1.50 bits per heavy atom. The second kappa shape index (κ2) is 4.88. The Balaban J connectivity index is 2.55. The molecule has 18 heavy (non-hydrogen) atoms. The first-order valence-corrected chi connectivity index (χ1v) is 6.42. The molecule has 0 spiro atoms. The van der Waals surface area contributed by atoms with Crippen LogP contribution in [-0.4, -0.2) is 26.8 Å². The maximum Gasteiger partial charge on any atom is 0.112 e. The van der Waals surface area contributed by atoms with Gasteiger partial charge in [-0.2, -0.15) is 0 Å². The molecule has 1 unspecified atom stereocenters. The standard InChI is InChI=1S/C13H18ClN3O/c1-3-17-11(7-13(2,18)8-15)16-10-6-4-5-9(14)12(10)17/h4-6,18H,3,7-8,15H2,1-2H3. The minimum Gasteiger partial charge on any atom is -0.388 e. The van der Waals surface area contributed by atoms with Crippen LogP contribution < -0.4 is 5.73 Å². The molecule has 0 saturated carbocycles. The van der Waals surface area contributed by atoms with Gasteiger partial charge >= 0.3 is 0 Å². The highest BCUT2D eigenvalue weighted by Crippen LogP contribution is 2.26. The van der Waals surface area contributed by atoms with Gasteiger partial charge in [0, 0.05) is 19.5 Å². The van der Waals surface area contributed by atoms with Crippen molar-refractivity contribution in [3.63, 3.8) is 0 Å². The summed E-state index contributed by atoms with van der Waals surface area (Å²) in [6.45, 7) is 4.71. The normalized spacial score (nSPS) is 14.9. The van der Waals surface area contributed by atoms with Crippen LogP contribution in [0.15, 0.2) is 18.2 Å². The van der Waals surface area contributed by atoms with E-state index in [-0.39, 0.29) is 6.54 Å². The summed E-state index contributed by atoms with van der Waals surface area (Å²) >= 11 is 6.21. The smallest absolute Gasteiger partial charge is 0.112 e. The molecular weight excluding hydrogens is 250 g/mol. The van der Waals surface area contributed by atoms with Crippen LogP contribution in [0.1, 0.15) is 19.7 Å². The van der Waals surface area contributed by atoms with Crippen LogP contribution in [-0.2, 0) is 13.0 Å². The lowest BCUT2D eigenvalue weighted by Crippen LogP contribution is -2.37. The number of hydrogen-bond acceptors (Lipinski definition) is 3. The molecule has 0 fully saturated rings. The van der Waals surface area contributed by atoms with Crippen LogP contribution in [0.5, 0.6) is 0 Å². The van der Waals surface area contributed by atoms with E-state index in [2.05, 4.69) is 4.98 Å². The van der Waals surface area contributed by atoms with Crippen LogP contribution in [0.3, 0.4) is 0 Å². The second-order valence-corrected chi connectivity index (χ2v) is 5.16. The van der Waals surface area contributed by atoms with Gasteiger partial charge in [-0.05, 0) is 26.0 Å². The molecule has 0 aliphatic heterocycles. The number of aliphatic hydroxyl groups is 1. The number of para-hydroxylation sites is 1. The lowest BCUT2D eigenvalue weighted by Gasteiger charge is -2.20. The van der Waals surface area contributed by atoms with Gasteiger partial charge in [0.1, 0.15) is 5.82 Å². The monoisotopic (exact) mass is 267 g/mol. The minimum atomic E-state index is -0.944. The molecule has 5 heteroatoms. The zero-order chi connectivity index (χ0) is 13.3. The van der Waals surface area contributed by atoms with Crippen molar-refractivity contribution < 1.29 is 5.11 Å². The molecule has 0 radical (unpaired) electrons. The largest absolute Gasteiger partial charge is 0.388 e. The minimum absolute atomic E-state index is 0.202. The molecule has 1 heterocycles. The number of nitrogens with zero attached hydrogens (tertiary/aromatic N) is 2. The van der Waals surface area contributed by atoms with Crippen LogP contribution in [0.2, 0.25) is 5.02 Å². The van der Waals surface area contributed by atoms with Crippen molar-refractivity contribution in [2.75, 3.05) is 6.54 Å². The number of benzene rings is 1. The summed E-state index contributed by atoms with van der Waals surface area (Å²) in [6, 6.07) is 5.65. The number of fused-ring (bicyclic) bond motifs is 1. The van der Waals surface area contributed by atoms with Crippen LogP contribution >= 0.6 is 11.6 Å². The molecular formula is C13H18ClN3O. The number of rotatable bonds is 4. The molecule has 0 bridgehead atoms. The van der Waals surface area contributed by atoms with Crippen molar-refractivity contribution in [3.8, 4) is 0 Å². The summed E-state index contributed by atoms with van der Waals surface area (Å²) < 4.78 is 2.03. The van der Waals surface area contributed by atoms with Crippen LogP contribution in [0.25, 0.3) is 11.0 Å². The Kier molecular flexibility index (Phi) is 3.61.